The van der Waals surface area contributed by atoms with Gasteiger partial charge in [0.2, 0.25) is 11.5 Å². The van der Waals surface area contributed by atoms with E-state index in [4.69, 9.17) is 28.4 Å². The number of rotatable bonds is 14. The molecule has 0 amide bonds. The van der Waals surface area contributed by atoms with E-state index in [0.717, 1.165) is 71.4 Å². The van der Waals surface area contributed by atoms with Gasteiger partial charge in [-0.05, 0) is 96.3 Å². The molecule has 0 unspecified atom stereocenters. The molecule has 2 aromatic heterocycles. The number of hydrogen-bond donors (Lipinski definition) is 0. The highest BCUT2D eigenvalue weighted by Crippen LogP contribution is 2.42. The fourth-order valence-electron chi connectivity index (χ4n) is 6.85. The third kappa shape index (κ3) is 8.21. The topological polar surface area (TPSA) is 87.6 Å². The van der Waals surface area contributed by atoms with E-state index in [1.807, 2.05) is 42.9 Å². The number of benzene rings is 3. The Hall–Kier alpha value is -5.00. The number of likely N-dealkylation sites (tertiary alicyclic amines) is 1. The molecule has 3 aromatic carbocycles. The SMILES string of the molecule is COc1cc(-c2cncc(CN(c3ccc(Br)cc3)C3CCN(Cc4ccnc(-c5cc(OC)c(OC)c(OC)c5)c4)CC3)c2)cc(OC)c1OC. The second kappa shape index (κ2) is 17.0. The summed E-state index contributed by atoms with van der Waals surface area (Å²) in [5, 5.41) is 0. The number of anilines is 1. The lowest BCUT2D eigenvalue weighted by Gasteiger charge is -2.40. The van der Waals surface area contributed by atoms with Crippen molar-refractivity contribution in [1.29, 1.82) is 0 Å². The third-order valence-corrected chi connectivity index (χ3v) is 10.0. The summed E-state index contributed by atoms with van der Waals surface area (Å²) in [6.45, 7) is 3.51. The first-order chi connectivity index (χ1) is 25.4. The van der Waals surface area contributed by atoms with Gasteiger partial charge in [0.25, 0.3) is 0 Å². The van der Waals surface area contributed by atoms with Crippen LogP contribution in [0.15, 0.2) is 89.8 Å². The van der Waals surface area contributed by atoms with Crippen molar-refractivity contribution in [2.24, 2.45) is 0 Å². The Bertz CT molecular complexity index is 1920. The van der Waals surface area contributed by atoms with Gasteiger partial charge in [-0.25, -0.2) is 0 Å². The fourth-order valence-corrected chi connectivity index (χ4v) is 7.11. The highest BCUT2D eigenvalue weighted by molar-refractivity contribution is 9.10. The van der Waals surface area contributed by atoms with Gasteiger partial charge in [0.15, 0.2) is 23.0 Å². The Morgan fingerprint density at radius 3 is 1.79 bits per heavy atom. The summed E-state index contributed by atoms with van der Waals surface area (Å²) in [7, 11) is 9.72. The molecule has 1 saturated heterocycles. The lowest BCUT2D eigenvalue weighted by atomic mass is 9.99. The van der Waals surface area contributed by atoms with Crippen molar-refractivity contribution in [3.05, 3.63) is 101 Å². The molecule has 52 heavy (non-hydrogen) atoms. The van der Waals surface area contributed by atoms with E-state index < -0.39 is 0 Å². The number of halogens is 1. The van der Waals surface area contributed by atoms with Gasteiger partial charge in [0.1, 0.15) is 0 Å². The molecule has 6 rings (SSSR count). The molecule has 0 atom stereocenters. The van der Waals surface area contributed by atoms with E-state index in [-0.39, 0.29) is 0 Å². The number of pyridine rings is 2. The molecule has 0 aliphatic carbocycles. The van der Waals surface area contributed by atoms with Gasteiger partial charge >= 0.3 is 0 Å². The van der Waals surface area contributed by atoms with Crippen molar-refractivity contribution < 1.29 is 28.4 Å². The molecule has 5 aromatic rings. The summed E-state index contributed by atoms with van der Waals surface area (Å²) >= 11 is 3.62. The maximum absolute atomic E-state index is 5.62. The highest BCUT2D eigenvalue weighted by atomic mass is 79.9. The zero-order chi connectivity index (χ0) is 36.6. The minimum atomic E-state index is 0.356. The summed E-state index contributed by atoms with van der Waals surface area (Å²) in [5.41, 5.74) is 7.19. The lowest BCUT2D eigenvalue weighted by Crippen LogP contribution is -2.44. The molecule has 11 heteroatoms. The molecule has 10 nitrogen and oxygen atoms in total. The fraction of sp³-hybridized carbons (Fsp3) is 0.317. The first-order valence-corrected chi connectivity index (χ1v) is 17.9. The lowest BCUT2D eigenvalue weighted by molar-refractivity contribution is 0.201. The first kappa shape index (κ1) is 36.8. The summed E-state index contributed by atoms with van der Waals surface area (Å²) in [5.74, 6) is 3.54. The number of ether oxygens (including phenoxy) is 6. The molecule has 0 radical (unpaired) electrons. The van der Waals surface area contributed by atoms with Gasteiger partial charge in [-0.2, -0.15) is 0 Å². The zero-order valence-corrected chi connectivity index (χ0v) is 32.1. The van der Waals surface area contributed by atoms with Gasteiger partial charge in [-0.15, -0.1) is 0 Å². The molecule has 0 saturated carbocycles. The smallest absolute Gasteiger partial charge is 0.203 e. The van der Waals surface area contributed by atoms with Crippen molar-refractivity contribution in [2.75, 3.05) is 60.6 Å². The standard InChI is InChI=1S/C41H45BrN4O6/c1-47-36-19-29(20-37(48-2)40(36)51-5)31-17-28(23-43-24-31)26-46(33-9-7-32(42)8-10-33)34-12-15-45(16-13-34)25-27-11-14-44-35(18-27)30-21-38(49-3)41(52-6)39(22-30)50-4/h7-11,14,17-24,34H,12-13,15-16,25-26H2,1-6H3. The Morgan fingerprint density at radius 1 is 0.654 bits per heavy atom. The van der Waals surface area contributed by atoms with Gasteiger partial charge in [-0.1, -0.05) is 15.9 Å². The van der Waals surface area contributed by atoms with Gasteiger partial charge in [0.05, 0.1) is 48.4 Å². The van der Waals surface area contributed by atoms with Crippen LogP contribution >= 0.6 is 15.9 Å². The molecule has 1 aliphatic rings. The van der Waals surface area contributed by atoms with E-state index in [0.29, 0.717) is 40.5 Å². The Morgan fingerprint density at radius 2 is 1.23 bits per heavy atom. The molecule has 0 bridgehead atoms. The van der Waals surface area contributed by atoms with Crippen LogP contribution in [0.25, 0.3) is 22.4 Å². The van der Waals surface area contributed by atoms with Crippen LogP contribution in [-0.2, 0) is 13.1 Å². The zero-order valence-electron chi connectivity index (χ0n) is 30.5. The first-order valence-electron chi connectivity index (χ1n) is 17.1. The molecule has 272 valence electrons. The van der Waals surface area contributed by atoms with E-state index in [9.17, 15) is 0 Å². The quantitative estimate of drug-likeness (QED) is 0.110. The number of aromatic nitrogens is 2. The van der Waals surface area contributed by atoms with Crippen molar-refractivity contribution in [2.45, 2.75) is 32.0 Å². The average molecular weight is 770 g/mol. The maximum Gasteiger partial charge on any atom is 0.203 e. The number of methoxy groups -OCH3 is 6. The molecule has 0 spiro atoms. The van der Waals surface area contributed by atoms with Crippen LogP contribution in [0.1, 0.15) is 24.0 Å². The summed E-state index contributed by atoms with van der Waals surface area (Å²) in [6.07, 6.45) is 7.76. The van der Waals surface area contributed by atoms with Crippen molar-refractivity contribution >= 4 is 21.6 Å². The summed E-state index contributed by atoms with van der Waals surface area (Å²) in [6, 6.07) is 23.2. The maximum atomic E-state index is 5.62. The van der Waals surface area contributed by atoms with Gasteiger partial charge in [-0.3, -0.25) is 14.9 Å². The largest absolute Gasteiger partial charge is 0.493 e. The van der Waals surface area contributed by atoms with E-state index >= 15 is 0 Å². The minimum Gasteiger partial charge on any atom is -0.493 e. The molecule has 1 aliphatic heterocycles. The summed E-state index contributed by atoms with van der Waals surface area (Å²) in [4.78, 5) is 14.4. The van der Waals surface area contributed by atoms with Crippen LogP contribution in [0.5, 0.6) is 34.5 Å². The monoisotopic (exact) mass is 768 g/mol. The Labute approximate surface area is 314 Å². The molecule has 1 fully saturated rings. The second-order valence-corrected chi connectivity index (χ2v) is 13.5. The van der Waals surface area contributed by atoms with Crippen LogP contribution in [0.3, 0.4) is 0 Å². The molecular weight excluding hydrogens is 724 g/mol. The molecule has 3 heterocycles. The van der Waals surface area contributed by atoms with Crippen LogP contribution in [0.4, 0.5) is 5.69 Å². The average Bonchev–Trinajstić information content (AvgIpc) is 3.19. The van der Waals surface area contributed by atoms with Crippen LogP contribution < -0.4 is 33.3 Å². The number of nitrogens with zero attached hydrogens (tertiary/aromatic N) is 4. The van der Waals surface area contributed by atoms with Crippen molar-refractivity contribution in [3.8, 4) is 56.9 Å². The van der Waals surface area contributed by atoms with E-state index in [1.165, 1.54) is 11.3 Å². The molecular formula is C41H45BrN4O6. The van der Waals surface area contributed by atoms with Crippen molar-refractivity contribution in [3.63, 3.8) is 0 Å². The third-order valence-electron chi connectivity index (χ3n) is 9.49. The Kier molecular flexibility index (Phi) is 12.0. The predicted octanol–water partition coefficient (Wildman–Crippen LogP) is 8.30. The number of hydrogen-bond acceptors (Lipinski definition) is 10. The van der Waals surface area contributed by atoms with Crippen molar-refractivity contribution in [1.82, 2.24) is 14.9 Å². The second-order valence-electron chi connectivity index (χ2n) is 12.6. The van der Waals surface area contributed by atoms with Crippen LogP contribution in [-0.4, -0.2) is 76.7 Å². The van der Waals surface area contributed by atoms with Crippen LogP contribution in [0.2, 0.25) is 0 Å². The predicted molar refractivity (Wildman–Crippen MR) is 207 cm³/mol. The van der Waals surface area contributed by atoms with E-state index in [1.54, 1.807) is 42.7 Å². The van der Waals surface area contributed by atoms with Crippen LogP contribution in [0, 0.1) is 0 Å². The van der Waals surface area contributed by atoms with Gasteiger partial charge < -0.3 is 33.3 Å². The number of piperidine rings is 1. The normalized spacial score (nSPS) is 13.4. The minimum absolute atomic E-state index is 0.356. The summed E-state index contributed by atoms with van der Waals surface area (Å²) < 4.78 is 34.5. The van der Waals surface area contributed by atoms with E-state index in [2.05, 4.69) is 78.2 Å². The van der Waals surface area contributed by atoms with Gasteiger partial charge in [0, 0.05) is 72.1 Å². The molecule has 0 N–H and O–H groups in total. The Balaban J connectivity index is 1.19. The highest BCUT2D eigenvalue weighted by Gasteiger charge is 2.26.